The van der Waals surface area contributed by atoms with Gasteiger partial charge in [-0.3, -0.25) is 9.59 Å². The zero-order valence-corrected chi connectivity index (χ0v) is 13.8. The van der Waals surface area contributed by atoms with Crippen molar-refractivity contribution in [1.29, 1.82) is 0 Å². The van der Waals surface area contributed by atoms with E-state index in [4.69, 9.17) is 5.11 Å². The fourth-order valence-electron chi connectivity index (χ4n) is 2.57. The van der Waals surface area contributed by atoms with Crippen molar-refractivity contribution in [2.75, 3.05) is 11.9 Å². The van der Waals surface area contributed by atoms with E-state index in [2.05, 4.69) is 10.6 Å². The molecule has 1 aromatic heterocycles. The van der Waals surface area contributed by atoms with Crippen LogP contribution in [0.5, 0.6) is 0 Å². The van der Waals surface area contributed by atoms with Gasteiger partial charge in [-0.05, 0) is 42.1 Å². The number of aliphatic hydroxyl groups is 1. The molecule has 0 saturated carbocycles. The summed E-state index contributed by atoms with van der Waals surface area (Å²) in [5, 5.41) is 16.7. The number of hydrogen-bond acceptors (Lipinski definition) is 4. The Kier molecular flexibility index (Phi) is 5.08. The smallest absolute Gasteiger partial charge is 0.265 e. The monoisotopic (exact) mass is 342 g/mol. The van der Waals surface area contributed by atoms with Crippen LogP contribution in [-0.2, 0) is 0 Å². The van der Waals surface area contributed by atoms with Crippen LogP contribution in [0.25, 0.3) is 0 Å². The van der Waals surface area contributed by atoms with Gasteiger partial charge in [0, 0.05) is 29.8 Å². The summed E-state index contributed by atoms with van der Waals surface area (Å²) in [5.41, 5.74) is 1.18. The Morgan fingerprint density at radius 3 is 2.54 bits per heavy atom. The summed E-state index contributed by atoms with van der Waals surface area (Å²) in [5.74, 6) is -0.210. The number of benzene rings is 1. The standard InChI is InChI=1S/C18H18N2O3S/c21-11-12-3-6-15(10-12)20-17(22)13-4-7-14(8-5-13)19-18(23)16-2-1-9-24-16/h1-9,12,15,21H,10-11H2,(H,19,23)(H,20,22)/t12-,15+/m0/s1. The van der Waals surface area contributed by atoms with Crippen molar-refractivity contribution >= 4 is 28.8 Å². The Morgan fingerprint density at radius 2 is 1.92 bits per heavy atom. The van der Waals surface area contributed by atoms with E-state index in [-0.39, 0.29) is 30.4 Å². The molecule has 5 nitrogen and oxygen atoms in total. The average Bonchev–Trinajstić information content (AvgIpc) is 3.27. The third kappa shape index (κ3) is 3.90. The number of carbonyl (C=O) groups is 2. The normalized spacial score (nSPS) is 19.2. The van der Waals surface area contributed by atoms with Gasteiger partial charge < -0.3 is 15.7 Å². The molecule has 2 aromatic rings. The Hall–Kier alpha value is -2.44. The predicted octanol–water partition coefficient (Wildman–Crippen LogP) is 2.67. The SMILES string of the molecule is O=C(N[C@@H]1C=C[C@H](CO)C1)c1ccc(NC(=O)c2cccs2)cc1. The summed E-state index contributed by atoms with van der Waals surface area (Å²) in [6, 6.07) is 10.3. The molecule has 124 valence electrons. The van der Waals surface area contributed by atoms with Crippen molar-refractivity contribution in [2.45, 2.75) is 12.5 Å². The van der Waals surface area contributed by atoms with E-state index in [0.717, 1.165) is 6.42 Å². The lowest BCUT2D eigenvalue weighted by Crippen LogP contribution is -2.32. The van der Waals surface area contributed by atoms with E-state index in [1.807, 2.05) is 23.6 Å². The maximum atomic E-state index is 12.2. The van der Waals surface area contributed by atoms with Crippen LogP contribution in [0.3, 0.4) is 0 Å². The number of nitrogens with one attached hydrogen (secondary N) is 2. The second-order valence-corrected chi connectivity index (χ2v) is 6.60. The largest absolute Gasteiger partial charge is 0.396 e. The third-order valence-corrected chi connectivity index (χ3v) is 4.74. The highest BCUT2D eigenvalue weighted by Crippen LogP contribution is 2.18. The summed E-state index contributed by atoms with van der Waals surface area (Å²) in [6.45, 7) is 0.0987. The molecule has 0 spiro atoms. The molecule has 6 heteroatoms. The zero-order chi connectivity index (χ0) is 16.9. The molecule has 3 N–H and O–H groups in total. The Morgan fingerprint density at radius 1 is 1.12 bits per heavy atom. The zero-order valence-electron chi connectivity index (χ0n) is 12.9. The number of anilines is 1. The van der Waals surface area contributed by atoms with Crippen LogP contribution in [0.4, 0.5) is 5.69 Å². The molecule has 1 heterocycles. The van der Waals surface area contributed by atoms with Gasteiger partial charge in [-0.15, -0.1) is 11.3 Å². The van der Waals surface area contributed by atoms with E-state index in [1.165, 1.54) is 11.3 Å². The molecule has 2 amide bonds. The van der Waals surface area contributed by atoms with Crippen molar-refractivity contribution < 1.29 is 14.7 Å². The van der Waals surface area contributed by atoms with Gasteiger partial charge in [-0.25, -0.2) is 0 Å². The first kappa shape index (κ1) is 16.4. The molecular weight excluding hydrogens is 324 g/mol. The van der Waals surface area contributed by atoms with Crippen LogP contribution >= 0.6 is 11.3 Å². The lowest BCUT2D eigenvalue weighted by Gasteiger charge is -2.13. The molecule has 1 aliphatic carbocycles. The van der Waals surface area contributed by atoms with Crippen LogP contribution in [0.1, 0.15) is 26.5 Å². The Labute approximate surface area is 144 Å². The van der Waals surface area contributed by atoms with E-state index >= 15 is 0 Å². The van der Waals surface area contributed by atoms with Gasteiger partial charge in [0.2, 0.25) is 0 Å². The van der Waals surface area contributed by atoms with Crippen LogP contribution in [0.15, 0.2) is 53.9 Å². The van der Waals surface area contributed by atoms with Crippen LogP contribution in [0, 0.1) is 5.92 Å². The first-order chi connectivity index (χ1) is 11.7. The maximum Gasteiger partial charge on any atom is 0.265 e. The minimum absolute atomic E-state index is 0.0483. The Balaban J connectivity index is 1.57. The van der Waals surface area contributed by atoms with E-state index in [0.29, 0.717) is 16.1 Å². The molecule has 0 fully saturated rings. The molecule has 3 rings (SSSR count). The summed E-state index contributed by atoms with van der Waals surface area (Å²) < 4.78 is 0. The van der Waals surface area contributed by atoms with Gasteiger partial charge in [0.15, 0.2) is 0 Å². The number of hydrogen-bond donors (Lipinski definition) is 3. The lowest BCUT2D eigenvalue weighted by atomic mass is 10.1. The van der Waals surface area contributed by atoms with E-state index in [1.54, 1.807) is 30.3 Å². The van der Waals surface area contributed by atoms with E-state index < -0.39 is 0 Å². The highest BCUT2D eigenvalue weighted by atomic mass is 32.1. The van der Waals surface area contributed by atoms with Crippen LogP contribution in [-0.4, -0.2) is 29.6 Å². The van der Waals surface area contributed by atoms with Gasteiger partial charge >= 0.3 is 0 Å². The first-order valence-electron chi connectivity index (χ1n) is 7.70. The maximum absolute atomic E-state index is 12.2. The average molecular weight is 342 g/mol. The number of thiophene rings is 1. The second kappa shape index (κ2) is 7.42. The van der Waals surface area contributed by atoms with Crippen LogP contribution in [0.2, 0.25) is 0 Å². The molecule has 0 saturated heterocycles. The lowest BCUT2D eigenvalue weighted by molar-refractivity contribution is 0.0940. The summed E-state index contributed by atoms with van der Waals surface area (Å²) in [6.07, 6.45) is 4.56. The summed E-state index contributed by atoms with van der Waals surface area (Å²) >= 11 is 1.38. The third-order valence-electron chi connectivity index (χ3n) is 3.87. The quantitative estimate of drug-likeness (QED) is 0.731. The fraction of sp³-hybridized carbons (Fsp3) is 0.222. The first-order valence-corrected chi connectivity index (χ1v) is 8.58. The number of aliphatic hydroxyl groups excluding tert-OH is 1. The topological polar surface area (TPSA) is 78.4 Å². The number of carbonyl (C=O) groups excluding carboxylic acids is 2. The predicted molar refractivity (Wildman–Crippen MR) is 94.3 cm³/mol. The Bertz CT molecular complexity index is 738. The minimum atomic E-state index is -0.167. The van der Waals surface area contributed by atoms with Crippen molar-refractivity contribution in [1.82, 2.24) is 5.32 Å². The molecular formula is C18H18N2O3S. The van der Waals surface area contributed by atoms with Crippen molar-refractivity contribution in [2.24, 2.45) is 5.92 Å². The van der Waals surface area contributed by atoms with Gasteiger partial charge in [0.1, 0.15) is 0 Å². The van der Waals surface area contributed by atoms with E-state index in [9.17, 15) is 9.59 Å². The second-order valence-electron chi connectivity index (χ2n) is 5.65. The fourth-order valence-corrected chi connectivity index (χ4v) is 3.19. The van der Waals surface area contributed by atoms with Crippen molar-refractivity contribution in [3.05, 3.63) is 64.4 Å². The van der Waals surface area contributed by atoms with Crippen molar-refractivity contribution in [3.8, 4) is 0 Å². The molecule has 0 radical (unpaired) electrons. The summed E-state index contributed by atoms with van der Waals surface area (Å²) in [4.78, 5) is 24.8. The molecule has 0 unspecified atom stereocenters. The summed E-state index contributed by atoms with van der Waals surface area (Å²) in [7, 11) is 0. The number of amides is 2. The molecule has 2 atom stereocenters. The van der Waals surface area contributed by atoms with Gasteiger partial charge in [0.05, 0.1) is 4.88 Å². The van der Waals surface area contributed by atoms with Gasteiger partial charge in [-0.1, -0.05) is 18.2 Å². The van der Waals surface area contributed by atoms with Crippen LogP contribution < -0.4 is 10.6 Å². The highest BCUT2D eigenvalue weighted by Gasteiger charge is 2.20. The minimum Gasteiger partial charge on any atom is -0.396 e. The number of rotatable bonds is 5. The highest BCUT2D eigenvalue weighted by molar-refractivity contribution is 7.12. The van der Waals surface area contributed by atoms with Gasteiger partial charge in [-0.2, -0.15) is 0 Å². The van der Waals surface area contributed by atoms with Gasteiger partial charge in [0.25, 0.3) is 11.8 Å². The molecule has 24 heavy (non-hydrogen) atoms. The molecule has 0 bridgehead atoms. The molecule has 1 aromatic carbocycles. The molecule has 1 aliphatic rings. The van der Waals surface area contributed by atoms with Crippen molar-refractivity contribution in [3.63, 3.8) is 0 Å². The molecule has 0 aliphatic heterocycles.